The third-order valence-corrected chi connectivity index (χ3v) is 2.48. The molecular weight excluding hydrogens is 200 g/mol. The molecule has 0 saturated carbocycles. The Hall–Kier alpha value is -1.51. The molecule has 0 fully saturated rings. The van der Waals surface area contributed by atoms with Crippen molar-refractivity contribution < 1.29 is 4.79 Å². The second-order valence-electron chi connectivity index (χ2n) is 3.79. The topological polar surface area (TPSA) is 41.1 Å². The van der Waals surface area contributed by atoms with Gasteiger partial charge in [-0.2, -0.15) is 0 Å². The van der Waals surface area contributed by atoms with E-state index in [1.807, 2.05) is 24.3 Å². The van der Waals surface area contributed by atoms with E-state index in [1.54, 1.807) is 7.05 Å². The first-order valence-electron chi connectivity index (χ1n) is 5.84. The number of anilines is 1. The predicted molar refractivity (Wildman–Crippen MR) is 67.8 cm³/mol. The summed E-state index contributed by atoms with van der Waals surface area (Å²) < 4.78 is 0. The molecule has 0 aliphatic rings. The van der Waals surface area contributed by atoms with Gasteiger partial charge in [0.1, 0.15) is 0 Å². The van der Waals surface area contributed by atoms with Crippen LogP contribution in [-0.2, 0) is 0 Å². The second kappa shape index (κ2) is 6.88. The molecule has 0 heterocycles. The maximum Gasteiger partial charge on any atom is 0.251 e. The molecule has 0 bridgehead atoms. The minimum atomic E-state index is -0.0440. The van der Waals surface area contributed by atoms with Gasteiger partial charge in [-0.1, -0.05) is 19.8 Å². The van der Waals surface area contributed by atoms with Crippen LogP contribution in [0.3, 0.4) is 0 Å². The zero-order valence-corrected chi connectivity index (χ0v) is 10.0. The van der Waals surface area contributed by atoms with Crippen LogP contribution in [0, 0.1) is 0 Å². The number of carbonyl (C=O) groups is 1. The number of nitrogens with one attached hydrogen (secondary N) is 2. The first-order valence-corrected chi connectivity index (χ1v) is 5.84. The Morgan fingerprint density at radius 3 is 2.44 bits per heavy atom. The lowest BCUT2D eigenvalue weighted by Crippen LogP contribution is -2.17. The average molecular weight is 220 g/mol. The Morgan fingerprint density at radius 2 is 1.88 bits per heavy atom. The fraction of sp³-hybridized carbons (Fsp3) is 0.462. The van der Waals surface area contributed by atoms with Crippen LogP contribution < -0.4 is 10.6 Å². The molecule has 3 nitrogen and oxygen atoms in total. The zero-order chi connectivity index (χ0) is 11.8. The summed E-state index contributed by atoms with van der Waals surface area (Å²) in [6.07, 6.45) is 3.67. The van der Waals surface area contributed by atoms with Gasteiger partial charge in [0.05, 0.1) is 0 Å². The standard InChI is InChI=1S/C13H20N2O/c1-3-4-5-10-15-12-8-6-11(7-9-12)13(16)14-2/h6-9,15H,3-5,10H2,1-2H3,(H,14,16). The highest BCUT2D eigenvalue weighted by atomic mass is 16.1. The molecule has 0 unspecified atom stereocenters. The van der Waals surface area contributed by atoms with E-state index in [9.17, 15) is 4.79 Å². The largest absolute Gasteiger partial charge is 0.385 e. The summed E-state index contributed by atoms with van der Waals surface area (Å²) in [5.74, 6) is -0.0440. The van der Waals surface area contributed by atoms with Gasteiger partial charge in [-0.05, 0) is 30.7 Å². The Morgan fingerprint density at radius 1 is 1.19 bits per heavy atom. The van der Waals surface area contributed by atoms with Gasteiger partial charge in [0, 0.05) is 24.8 Å². The molecular formula is C13H20N2O. The number of amides is 1. The first kappa shape index (κ1) is 12.6. The summed E-state index contributed by atoms with van der Waals surface area (Å²) in [5, 5.41) is 5.93. The number of hydrogen-bond acceptors (Lipinski definition) is 2. The van der Waals surface area contributed by atoms with E-state index in [-0.39, 0.29) is 5.91 Å². The maximum absolute atomic E-state index is 11.3. The second-order valence-corrected chi connectivity index (χ2v) is 3.79. The van der Waals surface area contributed by atoms with Gasteiger partial charge in [-0.15, -0.1) is 0 Å². The van der Waals surface area contributed by atoms with Crippen molar-refractivity contribution >= 4 is 11.6 Å². The van der Waals surface area contributed by atoms with Crippen molar-refractivity contribution in [3.63, 3.8) is 0 Å². The molecule has 0 aliphatic heterocycles. The summed E-state index contributed by atoms with van der Waals surface area (Å²) in [7, 11) is 1.64. The number of hydrogen-bond donors (Lipinski definition) is 2. The Bertz CT molecular complexity index is 319. The number of benzene rings is 1. The van der Waals surface area contributed by atoms with E-state index < -0.39 is 0 Å². The summed E-state index contributed by atoms with van der Waals surface area (Å²) in [4.78, 5) is 11.3. The molecule has 0 radical (unpaired) electrons. The summed E-state index contributed by atoms with van der Waals surface area (Å²) >= 11 is 0. The molecule has 1 rings (SSSR count). The monoisotopic (exact) mass is 220 g/mol. The highest BCUT2D eigenvalue weighted by molar-refractivity contribution is 5.94. The van der Waals surface area contributed by atoms with E-state index >= 15 is 0 Å². The van der Waals surface area contributed by atoms with Crippen LogP contribution in [0.15, 0.2) is 24.3 Å². The number of carbonyl (C=O) groups excluding carboxylic acids is 1. The molecule has 2 N–H and O–H groups in total. The minimum Gasteiger partial charge on any atom is -0.385 e. The number of unbranched alkanes of at least 4 members (excludes halogenated alkanes) is 2. The lowest BCUT2D eigenvalue weighted by molar-refractivity contribution is 0.0963. The van der Waals surface area contributed by atoms with Gasteiger partial charge in [0.2, 0.25) is 0 Å². The Kier molecular flexibility index (Phi) is 5.40. The zero-order valence-electron chi connectivity index (χ0n) is 10.0. The van der Waals surface area contributed by atoms with Crippen LogP contribution in [-0.4, -0.2) is 19.5 Å². The van der Waals surface area contributed by atoms with E-state index in [1.165, 1.54) is 19.3 Å². The Balaban J connectivity index is 2.42. The van der Waals surface area contributed by atoms with E-state index in [4.69, 9.17) is 0 Å². The molecule has 0 aromatic heterocycles. The van der Waals surface area contributed by atoms with Crippen molar-refractivity contribution in [1.29, 1.82) is 0 Å². The molecule has 3 heteroatoms. The lowest BCUT2D eigenvalue weighted by atomic mass is 10.2. The van der Waals surface area contributed by atoms with Crippen LogP contribution in [0.25, 0.3) is 0 Å². The van der Waals surface area contributed by atoms with Gasteiger partial charge < -0.3 is 10.6 Å². The molecule has 1 aromatic carbocycles. The molecule has 16 heavy (non-hydrogen) atoms. The maximum atomic E-state index is 11.3. The molecule has 0 aliphatic carbocycles. The van der Waals surface area contributed by atoms with Crippen molar-refractivity contribution in [3.8, 4) is 0 Å². The van der Waals surface area contributed by atoms with Crippen molar-refractivity contribution in [2.75, 3.05) is 18.9 Å². The normalized spacial score (nSPS) is 9.88. The van der Waals surface area contributed by atoms with E-state index in [0.29, 0.717) is 5.56 Å². The smallest absolute Gasteiger partial charge is 0.251 e. The van der Waals surface area contributed by atoms with Crippen LogP contribution in [0.1, 0.15) is 36.5 Å². The SMILES string of the molecule is CCCCCNc1ccc(C(=O)NC)cc1. The van der Waals surface area contributed by atoms with Crippen LogP contribution in [0.4, 0.5) is 5.69 Å². The fourth-order valence-corrected chi connectivity index (χ4v) is 1.49. The van der Waals surface area contributed by atoms with Gasteiger partial charge in [0.15, 0.2) is 0 Å². The molecule has 88 valence electrons. The predicted octanol–water partition coefficient (Wildman–Crippen LogP) is 2.65. The van der Waals surface area contributed by atoms with Crippen LogP contribution in [0.5, 0.6) is 0 Å². The molecule has 1 aromatic rings. The molecule has 0 atom stereocenters. The molecule has 0 saturated heterocycles. The van der Waals surface area contributed by atoms with Gasteiger partial charge >= 0.3 is 0 Å². The summed E-state index contributed by atoms with van der Waals surface area (Å²) in [6, 6.07) is 7.55. The quantitative estimate of drug-likeness (QED) is 0.724. The molecule has 0 spiro atoms. The van der Waals surface area contributed by atoms with E-state index in [0.717, 1.165) is 12.2 Å². The fourth-order valence-electron chi connectivity index (χ4n) is 1.49. The third-order valence-electron chi connectivity index (χ3n) is 2.48. The van der Waals surface area contributed by atoms with Crippen LogP contribution in [0.2, 0.25) is 0 Å². The van der Waals surface area contributed by atoms with Gasteiger partial charge in [-0.25, -0.2) is 0 Å². The summed E-state index contributed by atoms with van der Waals surface area (Å²) in [5.41, 5.74) is 1.77. The Labute approximate surface area is 97.2 Å². The highest BCUT2D eigenvalue weighted by Gasteiger charge is 2.01. The first-order chi connectivity index (χ1) is 7.77. The van der Waals surface area contributed by atoms with Crippen molar-refractivity contribution in [1.82, 2.24) is 5.32 Å². The minimum absolute atomic E-state index is 0.0440. The number of rotatable bonds is 6. The van der Waals surface area contributed by atoms with Crippen molar-refractivity contribution in [3.05, 3.63) is 29.8 Å². The lowest BCUT2D eigenvalue weighted by Gasteiger charge is -2.06. The highest BCUT2D eigenvalue weighted by Crippen LogP contribution is 2.09. The van der Waals surface area contributed by atoms with Crippen LogP contribution >= 0.6 is 0 Å². The summed E-state index contributed by atoms with van der Waals surface area (Å²) in [6.45, 7) is 3.19. The van der Waals surface area contributed by atoms with Crippen molar-refractivity contribution in [2.24, 2.45) is 0 Å². The van der Waals surface area contributed by atoms with Gasteiger partial charge in [0.25, 0.3) is 5.91 Å². The van der Waals surface area contributed by atoms with Gasteiger partial charge in [-0.3, -0.25) is 4.79 Å². The van der Waals surface area contributed by atoms with Crippen molar-refractivity contribution in [2.45, 2.75) is 26.2 Å². The molecule has 1 amide bonds. The third kappa shape index (κ3) is 3.93. The average Bonchev–Trinajstić information content (AvgIpc) is 2.34. The van der Waals surface area contributed by atoms with E-state index in [2.05, 4.69) is 17.6 Å².